The maximum atomic E-state index is 3.33. The summed E-state index contributed by atoms with van der Waals surface area (Å²) in [5.41, 5.74) is 3.37. The van der Waals surface area contributed by atoms with E-state index < -0.39 is 0 Å². The van der Waals surface area contributed by atoms with E-state index in [1.807, 2.05) is 7.05 Å². The minimum Gasteiger partial charge on any atom is -0.391 e. The highest BCUT2D eigenvalue weighted by atomic mass is 15.0. The van der Waals surface area contributed by atoms with Gasteiger partial charge in [0.25, 0.3) is 0 Å². The Hall–Kier alpha value is -0.790. The van der Waals surface area contributed by atoms with Gasteiger partial charge in [-0.05, 0) is 11.8 Å². The maximum Gasteiger partial charge on any atom is 0.178 e. The van der Waals surface area contributed by atoms with Gasteiger partial charge in [-0.1, -0.05) is 13.8 Å². The standard InChI is InChI=1S/C13H22N2/c1-13(2)9-11(14-3)8-12(10-13)15-6-4-5-7-15/h8H,4-7,9-10H2,1-3H3/p+1. The molecule has 2 rings (SSSR count). The Bertz CT molecular complexity index is 302. The predicted octanol–water partition coefficient (Wildman–Crippen LogP) is 2.16. The number of nitrogens with one attached hydrogen (secondary N) is 1. The molecule has 0 amide bonds. The monoisotopic (exact) mass is 207 g/mol. The van der Waals surface area contributed by atoms with E-state index in [0.717, 1.165) is 0 Å². The molecule has 1 N–H and O–H groups in total. The van der Waals surface area contributed by atoms with Crippen LogP contribution in [0.2, 0.25) is 0 Å². The van der Waals surface area contributed by atoms with E-state index in [-0.39, 0.29) is 0 Å². The van der Waals surface area contributed by atoms with Crippen LogP contribution in [-0.4, -0.2) is 30.4 Å². The van der Waals surface area contributed by atoms with Crippen molar-refractivity contribution in [2.75, 3.05) is 20.1 Å². The Morgan fingerprint density at radius 1 is 1.20 bits per heavy atom. The molecule has 2 aliphatic rings. The summed E-state index contributed by atoms with van der Waals surface area (Å²) >= 11 is 0. The second-order valence-electron chi connectivity index (χ2n) is 5.62. The van der Waals surface area contributed by atoms with Gasteiger partial charge >= 0.3 is 0 Å². The number of hydrogen-bond acceptors (Lipinski definition) is 1. The van der Waals surface area contributed by atoms with Gasteiger partial charge in [0.05, 0.1) is 0 Å². The summed E-state index contributed by atoms with van der Waals surface area (Å²) in [6.45, 7) is 7.26. The van der Waals surface area contributed by atoms with Crippen LogP contribution in [0.4, 0.5) is 0 Å². The first kappa shape index (κ1) is 10.7. The third-order valence-corrected chi connectivity index (χ3v) is 3.50. The fourth-order valence-electron chi connectivity index (χ4n) is 2.74. The molecule has 0 aromatic carbocycles. The molecule has 0 spiro atoms. The molecule has 0 aromatic rings. The van der Waals surface area contributed by atoms with Gasteiger partial charge in [0.2, 0.25) is 0 Å². The van der Waals surface area contributed by atoms with Crippen LogP contribution in [0.25, 0.3) is 0 Å². The smallest absolute Gasteiger partial charge is 0.178 e. The number of rotatable bonds is 1. The lowest BCUT2D eigenvalue weighted by Crippen LogP contribution is -2.31. The quantitative estimate of drug-likeness (QED) is 0.651. The predicted molar refractivity (Wildman–Crippen MR) is 64.4 cm³/mol. The molecule has 0 bridgehead atoms. The molecule has 1 fully saturated rings. The highest BCUT2D eigenvalue weighted by Crippen LogP contribution is 2.33. The van der Waals surface area contributed by atoms with Gasteiger partial charge in [0, 0.05) is 38.1 Å². The van der Waals surface area contributed by atoms with Gasteiger partial charge in [-0.2, -0.15) is 0 Å². The summed E-state index contributed by atoms with van der Waals surface area (Å²) < 4.78 is 2.57. The number of nitrogens with zero attached hydrogens (tertiary/aromatic N) is 1. The zero-order chi connectivity index (χ0) is 10.9. The van der Waals surface area contributed by atoms with Crippen molar-refractivity contribution in [1.82, 2.24) is 5.32 Å². The third kappa shape index (κ3) is 2.42. The van der Waals surface area contributed by atoms with Gasteiger partial charge < -0.3 is 5.32 Å². The van der Waals surface area contributed by atoms with Crippen LogP contribution in [0.3, 0.4) is 0 Å². The lowest BCUT2D eigenvalue weighted by molar-refractivity contribution is -0.507. The summed E-state index contributed by atoms with van der Waals surface area (Å²) in [6.07, 6.45) is 7.52. The first-order chi connectivity index (χ1) is 7.11. The summed E-state index contributed by atoms with van der Waals surface area (Å²) in [4.78, 5) is 0. The lowest BCUT2D eigenvalue weighted by Gasteiger charge is -2.29. The molecule has 2 heteroatoms. The van der Waals surface area contributed by atoms with Crippen molar-refractivity contribution in [3.63, 3.8) is 0 Å². The topological polar surface area (TPSA) is 15.0 Å². The Labute approximate surface area is 93.1 Å². The van der Waals surface area contributed by atoms with Crippen molar-refractivity contribution in [2.24, 2.45) is 5.41 Å². The average molecular weight is 207 g/mol. The van der Waals surface area contributed by atoms with Crippen LogP contribution in [0.1, 0.15) is 39.5 Å². The van der Waals surface area contributed by atoms with Crippen LogP contribution < -0.4 is 5.32 Å². The minimum absolute atomic E-state index is 0.422. The Morgan fingerprint density at radius 3 is 2.47 bits per heavy atom. The number of allylic oxidation sites excluding steroid dienone is 2. The molecule has 84 valence electrons. The molecule has 1 aliphatic carbocycles. The van der Waals surface area contributed by atoms with Crippen molar-refractivity contribution in [1.29, 1.82) is 0 Å². The molecule has 1 heterocycles. The molecule has 0 unspecified atom stereocenters. The van der Waals surface area contributed by atoms with Gasteiger partial charge in [0.1, 0.15) is 13.1 Å². The van der Waals surface area contributed by atoms with Crippen LogP contribution in [0.5, 0.6) is 0 Å². The summed E-state index contributed by atoms with van der Waals surface area (Å²) in [5.74, 6) is 0. The zero-order valence-corrected chi connectivity index (χ0v) is 10.3. The van der Waals surface area contributed by atoms with E-state index in [0.29, 0.717) is 5.41 Å². The van der Waals surface area contributed by atoms with Gasteiger partial charge in [-0.15, -0.1) is 0 Å². The minimum atomic E-state index is 0.422. The first-order valence-electron chi connectivity index (χ1n) is 6.10. The Balaban J connectivity index is 2.28. The maximum absolute atomic E-state index is 3.33. The highest BCUT2D eigenvalue weighted by Gasteiger charge is 2.31. The van der Waals surface area contributed by atoms with Gasteiger partial charge in [0.15, 0.2) is 5.71 Å². The summed E-state index contributed by atoms with van der Waals surface area (Å²) in [7, 11) is 2.04. The van der Waals surface area contributed by atoms with Crippen molar-refractivity contribution in [3.8, 4) is 0 Å². The van der Waals surface area contributed by atoms with E-state index in [1.54, 1.807) is 5.71 Å². The Kier molecular flexibility index (Phi) is 2.85. The first-order valence-corrected chi connectivity index (χ1v) is 6.10. The molecule has 15 heavy (non-hydrogen) atoms. The molecule has 1 aliphatic heterocycles. The fraction of sp³-hybridized carbons (Fsp3) is 0.769. The molecule has 0 radical (unpaired) electrons. The zero-order valence-electron chi connectivity index (χ0n) is 10.3. The second kappa shape index (κ2) is 3.99. The fourth-order valence-corrected chi connectivity index (χ4v) is 2.74. The van der Waals surface area contributed by atoms with Crippen LogP contribution >= 0.6 is 0 Å². The number of hydrogen-bond donors (Lipinski definition) is 1. The summed E-state index contributed by atoms with van der Waals surface area (Å²) in [5, 5.41) is 3.33. The van der Waals surface area contributed by atoms with E-state index >= 15 is 0 Å². The van der Waals surface area contributed by atoms with Crippen LogP contribution in [0, 0.1) is 5.41 Å². The van der Waals surface area contributed by atoms with Crippen molar-refractivity contribution < 1.29 is 4.58 Å². The molecule has 0 saturated carbocycles. The third-order valence-electron chi connectivity index (χ3n) is 3.50. The molecular formula is C13H23N2+. The molecular weight excluding hydrogens is 184 g/mol. The molecule has 1 saturated heterocycles. The highest BCUT2D eigenvalue weighted by molar-refractivity contribution is 5.92. The lowest BCUT2D eigenvalue weighted by atomic mass is 9.78. The van der Waals surface area contributed by atoms with E-state index in [4.69, 9.17) is 0 Å². The molecule has 0 aromatic heterocycles. The van der Waals surface area contributed by atoms with Gasteiger partial charge in [-0.25, -0.2) is 4.58 Å². The van der Waals surface area contributed by atoms with Crippen molar-refractivity contribution in [3.05, 3.63) is 11.8 Å². The van der Waals surface area contributed by atoms with Crippen LogP contribution in [-0.2, 0) is 0 Å². The van der Waals surface area contributed by atoms with Gasteiger partial charge in [-0.3, -0.25) is 0 Å². The largest absolute Gasteiger partial charge is 0.391 e. The average Bonchev–Trinajstić information content (AvgIpc) is 2.68. The van der Waals surface area contributed by atoms with E-state index in [9.17, 15) is 0 Å². The normalized spacial score (nSPS) is 25.4. The van der Waals surface area contributed by atoms with Crippen molar-refractivity contribution >= 4 is 5.71 Å². The second-order valence-corrected chi connectivity index (χ2v) is 5.62. The van der Waals surface area contributed by atoms with Crippen molar-refractivity contribution in [2.45, 2.75) is 39.5 Å². The Morgan fingerprint density at radius 2 is 1.87 bits per heavy atom. The summed E-state index contributed by atoms with van der Waals surface area (Å²) in [6, 6.07) is 0. The molecule has 0 atom stereocenters. The SMILES string of the molecule is CNC1=CC(=[N+]2CCCC2)CC(C)(C)C1. The van der Waals surface area contributed by atoms with E-state index in [2.05, 4.69) is 29.8 Å². The van der Waals surface area contributed by atoms with E-state index in [1.165, 1.54) is 44.5 Å². The van der Waals surface area contributed by atoms with Crippen LogP contribution in [0.15, 0.2) is 11.8 Å². The molecule has 2 nitrogen and oxygen atoms in total.